The van der Waals surface area contributed by atoms with Crippen LogP contribution in [0.4, 0.5) is 4.39 Å². The van der Waals surface area contributed by atoms with Crippen molar-refractivity contribution in [2.75, 3.05) is 0 Å². The van der Waals surface area contributed by atoms with E-state index >= 15 is 0 Å². The Balaban J connectivity index is 0.000000561. The number of allylic oxidation sites excluding steroid dienone is 5. The van der Waals surface area contributed by atoms with Crippen molar-refractivity contribution in [3.05, 3.63) is 65.2 Å². The molecule has 1 nitrogen and oxygen atoms in total. The third-order valence-corrected chi connectivity index (χ3v) is 3.60. The molecule has 1 aromatic carbocycles. The molecule has 120 valence electrons. The fourth-order valence-electron chi connectivity index (χ4n) is 2.56. The van der Waals surface area contributed by atoms with E-state index in [-0.39, 0.29) is 11.2 Å². The van der Waals surface area contributed by atoms with Gasteiger partial charge in [-0.2, -0.15) is 0 Å². The molecule has 1 aliphatic carbocycles. The molecule has 1 aromatic rings. The summed E-state index contributed by atoms with van der Waals surface area (Å²) in [5.74, 6) is 1.40. The lowest BCUT2D eigenvalue weighted by Crippen LogP contribution is -2.26. The third kappa shape index (κ3) is 3.49. The predicted molar refractivity (Wildman–Crippen MR) is 92.7 cm³/mol. The number of ether oxygens (including phenoxy) is 1. The minimum Gasteiger partial charge on any atom is -0.457 e. The van der Waals surface area contributed by atoms with Gasteiger partial charge in [0.25, 0.3) is 0 Å². The smallest absolute Gasteiger partial charge is 0.131 e. The van der Waals surface area contributed by atoms with Crippen molar-refractivity contribution in [3.63, 3.8) is 0 Å². The van der Waals surface area contributed by atoms with E-state index in [1.54, 1.807) is 12.1 Å². The average molecular weight is 302 g/mol. The second-order valence-corrected chi connectivity index (χ2v) is 5.19. The molecule has 2 aliphatic rings. The lowest BCUT2D eigenvalue weighted by atomic mass is 9.75. The van der Waals surface area contributed by atoms with Gasteiger partial charge in [-0.3, -0.25) is 0 Å². The molecule has 1 aliphatic heterocycles. The SMILES string of the molecule is CC.CC.CC1(C)C2=C(C=CCC=C2)Oc2ccc(F)cc21. The maximum absolute atomic E-state index is 13.4. The van der Waals surface area contributed by atoms with Crippen LogP contribution in [0.5, 0.6) is 5.75 Å². The van der Waals surface area contributed by atoms with Crippen LogP contribution in [-0.4, -0.2) is 0 Å². The largest absolute Gasteiger partial charge is 0.457 e. The Hall–Kier alpha value is -1.83. The zero-order valence-corrected chi connectivity index (χ0v) is 14.5. The summed E-state index contributed by atoms with van der Waals surface area (Å²) >= 11 is 0. The molecule has 0 N–H and O–H groups in total. The highest BCUT2D eigenvalue weighted by atomic mass is 19.1. The first-order chi connectivity index (χ1) is 10.6. The standard InChI is InChI=1S/C16H15FO.2C2H6/c1-16(2)12-6-4-3-5-7-14(12)18-15-9-8-11(17)10-13(15)16;2*1-2/h4-10H,3H2,1-2H3;2*1-2H3. The molecule has 0 unspecified atom stereocenters. The van der Waals surface area contributed by atoms with Crippen LogP contribution >= 0.6 is 0 Å². The number of halogens is 1. The van der Waals surface area contributed by atoms with E-state index < -0.39 is 0 Å². The molecule has 1 heterocycles. The molecule has 0 spiro atoms. The summed E-state index contributed by atoms with van der Waals surface area (Å²) in [4.78, 5) is 0. The zero-order valence-electron chi connectivity index (χ0n) is 14.5. The average Bonchev–Trinajstić information content (AvgIpc) is 2.78. The molecule has 0 amide bonds. The number of rotatable bonds is 0. The third-order valence-electron chi connectivity index (χ3n) is 3.60. The van der Waals surface area contributed by atoms with E-state index in [2.05, 4.69) is 32.1 Å². The maximum Gasteiger partial charge on any atom is 0.131 e. The molecule has 0 bridgehead atoms. The van der Waals surface area contributed by atoms with Gasteiger partial charge in [-0.15, -0.1) is 0 Å². The first-order valence-corrected chi connectivity index (χ1v) is 8.15. The summed E-state index contributed by atoms with van der Waals surface area (Å²) in [7, 11) is 0. The van der Waals surface area contributed by atoms with Crippen molar-refractivity contribution in [2.45, 2.75) is 53.4 Å². The molecular formula is C20H27FO. The summed E-state index contributed by atoms with van der Waals surface area (Å²) in [5.41, 5.74) is 1.77. The van der Waals surface area contributed by atoms with Gasteiger partial charge < -0.3 is 4.74 Å². The van der Waals surface area contributed by atoms with Gasteiger partial charge in [-0.25, -0.2) is 4.39 Å². The summed E-state index contributed by atoms with van der Waals surface area (Å²) in [6.07, 6.45) is 9.17. The zero-order chi connectivity index (χ0) is 16.8. The summed E-state index contributed by atoms with van der Waals surface area (Å²) in [5, 5.41) is 0. The van der Waals surface area contributed by atoms with Crippen LogP contribution in [0, 0.1) is 5.82 Å². The van der Waals surface area contributed by atoms with Crippen molar-refractivity contribution >= 4 is 0 Å². The topological polar surface area (TPSA) is 9.23 Å². The van der Waals surface area contributed by atoms with Crippen LogP contribution < -0.4 is 4.74 Å². The Morgan fingerprint density at radius 2 is 1.64 bits per heavy atom. The Morgan fingerprint density at radius 3 is 2.32 bits per heavy atom. The van der Waals surface area contributed by atoms with E-state index in [1.165, 1.54) is 6.07 Å². The van der Waals surface area contributed by atoms with Gasteiger partial charge in [0.05, 0.1) is 0 Å². The monoisotopic (exact) mass is 302 g/mol. The van der Waals surface area contributed by atoms with Crippen molar-refractivity contribution in [1.82, 2.24) is 0 Å². The van der Waals surface area contributed by atoms with E-state index in [9.17, 15) is 4.39 Å². The molecule has 0 saturated carbocycles. The number of hydrogen-bond acceptors (Lipinski definition) is 1. The molecule has 0 radical (unpaired) electrons. The van der Waals surface area contributed by atoms with Crippen LogP contribution in [0.2, 0.25) is 0 Å². The molecule has 0 fully saturated rings. The minimum atomic E-state index is -0.240. The Labute approximate surface area is 134 Å². The molecule has 3 rings (SSSR count). The van der Waals surface area contributed by atoms with Gasteiger partial charge in [-0.1, -0.05) is 59.8 Å². The van der Waals surface area contributed by atoms with Gasteiger partial charge in [0.1, 0.15) is 17.3 Å². The van der Waals surface area contributed by atoms with Crippen LogP contribution in [0.15, 0.2) is 53.8 Å². The van der Waals surface area contributed by atoms with Crippen molar-refractivity contribution in [3.8, 4) is 5.75 Å². The first kappa shape index (κ1) is 18.2. The van der Waals surface area contributed by atoms with Gasteiger partial charge >= 0.3 is 0 Å². The highest BCUT2D eigenvalue weighted by Crippen LogP contribution is 2.45. The number of fused-ring (bicyclic) bond motifs is 1. The molecular weight excluding hydrogens is 275 g/mol. The summed E-state index contributed by atoms with van der Waals surface area (Å²) < 4.78 is 19.3. The summed E-state index contributed by atoms with van der Waals surface area (Å²) in [6.45, 7) is 12.2. The molecule has 0 atom stereocenters. The van der Waals surface area contributed by atoms with Crippen molar-refractivity contribution in [2.24, 2.45) is 0 Å². The second kappa shape index (κ2) is 7.98. The molecule has 2 heteroatoms. The fourth-order valence-corrected chi connectivity index (χ4v) is 2.56. The van der Waals surface area contributed by atoms with Gasteiger partial charge in [-0.05, 0) is 30.7 Å². The quantitative estimate of drug-likeness (QED) is 0.545. The van der Waals surface area contributed by atoms with E-state index in [4.69, 9.17) is 4.74 Å². The van der Waals surface area contributed by atoms with E-state index in [0.717, 1.165) is 29.1 Å². The van der Waals surface area contributed by atoms with Gasteiger partial charge in [0.2, 0.25) is 0 Å². The van der Waals surface area contributed by atoms with E-state index in [1.807, 2.05) is 33.8 Å². The fraction of sp³-hybridized carbons (Fsp3) is 0.400. The van der Waals surface area contributed by atoms with Crippen molar-refractivity contribution < 1.29 is 9.13 Å². The van der Waals surface area contributed by atoms with Gasteiger partial charge in [0.15, 0.2) is 0 Å². The lowest BCUT2D eigenvalue weighted by molar-refractivity contribution is 0.386. The highest BCUT2D eigenvalue weighted by molar-refractivity contribution is 5.55. The minimum absolute atomic E-state index is 0.220. The number of benzene rings is 1. The molecule has 0 saturated heterocycles. The van der Waals surface area contributed by atoms with Crippen LogP contribution in [0.25, 0.3) is 0 Å². The summed E-state index contributed by atoms with van der Waals surface area (Å²) in [6, 6.07) is 4.72. The Morgan fingerprint density at radius 1 is 1.00 bits per heavy atom. The molecule has 22 heavy (non-hydrogen) atoms. The van der Waals surface area contributed by atoms with Crippen LogP contribution in [0.3, 0.4) is 0 Å². The van der Waals surface area contributed by atoms with E-state index in [0.29, 0.717) is 0 Å². The second-order valence-electron chi connectivity index (χ2n) is 5.19. The first-order valence-electron chi connectivity index (χ1n) is 8.15. The van der Waals surface area contributed by atoms with Crippen molar-refractivity contribution in [1.29, 1.82) is 0 Å². The van der Waals surface area contributed by atoms with Crippen LogP contribution in [-0.2, 0) is 5.41 Å². The lowest BCUT2D eigenvalue weighted by Gasteiger charge is -2.34. The van der Waals surface area contributed by atoms with Gasteiger partial charge in [0, 0.05) is 16.6 Å². The molecule has 0 aromatic heterocycles. The number of hydrogen-bond donors (Lipinski definition) is 0. The normalized spacial score (nSPS) is 16.9. The predicted octanol–water partition coefficient (Wildman–Crippen LogP) is 6.32. The Kier molecular flexibility index (Phi) is 6.61. The van der Waals surface area contributed by atoms with Crippen LogP contribution in [0.1, 0.15) is 53.5 Å². The Bertz CT molecular complexity index is 592. The maximum atomic E-state index is 13.4. The highest BCUT2D eigenvalue weighted by Gasteiger charge is 2.34.